The maximum absolute atomic E-state index is 13.2. The summed E-state index contributed by atoms with van der Waals surface area (Å²) in [5, 5.41) is 0.277. The van der Waals surface area contributed by atoms with E-state index in [-0.39, 0.29) is 11.1 Å². The first-order valence-corrected chi connectivity index (χ1v) is 5.56. The second-order valence-electron chi connectivity index (χ2n) is 3.45. The molecule has 1 aliphatic carbocycles. The molecule has 1 fully saturated rings. The Bertz CT molecular complexity index is 351. The molecule has 0 heterocycles. The summed E-state index contributed by atoms with van der Waals surface area (Å²) in [4.78, 5) is 11.7. The second kappa shape index (κ2) is 4.13. The molecule has 0 bridgehead atoms. The van der Waals surface area contributed by atoms with Gasteiger partial charge in [-0.25, -0.2) is 4.39 Å². The molecule has 1 aliphatic rings. The van der Waals surface area contributed by atoms with Gasteiger partial charge in [-0.3, -0.25) is 4.79 Å². The Morgan fingerprint density at radius 2 is 2.14 bits per heavy atom. The molecular formula is C11H11FOS. The van der Waals surface area contributed by atoms with Crippen LogP contribution in [0.25, 0.3) is 0 Å². The molecule has 0 spiro atoms. The Morgan fingerprint density at radius 3 is 2.79 bits per heavy atom. The number of thioether (sulfide) groups is 1. The third-order valence-electron chi connectivity index (χ3n) is 2.33. The normalized spacial score (nSPS) is 21.5. The van der Waals surface area contributed by atoms with Crippen LogP contribution in [0.4, 0.5) is 4.39 Å². The van der Waals surface area contributed by atoms with E-state index >= 15 is 0 Å². The summed E-state index contributed by atoms with van der Waals surface area (Å²) < 4.78 is 13.2. The molecule has 0 amide bonds. The van der Waals surface area contributed by atoms with Crippen LogP contribution in [0.3, 0.4) is 0 Å². The van der Waals surface area contributed by atoms with Gasteiger partial charge in [0, 0.05) is 23.0 Å². The molecule has 1 nitrogen and oxygen atoms in total. The first kappa shape index (κ1) is 9.71. The number of Topliss-reactive ketones (excluding diaryl/α,β-unsaturated/α-hetero) is 1. The molecule has 0 aliphatic heterocycles. The highest BCUT2D eigenvalue weighted by Gasteiger charge is 2.23. The van der Waals surface area contributed by atoms with Crippen molar-refractivity contribution in [2.45, 2.75) is 29.4 Å². The Hall–Kier alpha value is -0.830. The summed E-state index contributed by atoms with van der Waals surface area (Å²) in [7, 11) is 0. The third-order valence-corrected chi connectivity index (χ3v) is 3.65. The van der Waals surface area contributed by atoms with E-state index in [1.54, 1.807) is 12.1 Å². The van der Waals surface area contributed by atoms with Crippen LogP contribution in [-0.4, -0.2) is 11.0 Å². The lowest BCUT2D eigenvalue weighted by molar-refractivity contribution is -0.117. The molecule has 14 heavy (non-hydrogen) atoms. The predicted octanol–water partition coefficient (Wildman–Crippen LogP) is 3.04. The Kier molecular flexibility index (Phi) is 2.87. The van der Waals surface area contributed by atoms with Gasteiger partial charge in [0.2, 0.25) is 0 Å². The largest absolute Gasteiger partial charge is 0.300 e. The minimum absolute atomic E-state index is 0.183. The van der Waals surface area contributed by atoms with Crippen molar-refractivity contribution in [3.05, 3.63) is 30.1 Å². The molecule has 1 saturated carbocycles. The highest BCUT2D eigenvalue weighted by molar-refractivity contribution is 8.00. The van der Waals surface area contributed by atoms with Crippen molar-refractivity contribution in [2.24, 2.45) is 0 Å². The number of hydrogen-bond acceptors (Lipinski definition) is 2. The van der Waals surface area contributed by atoms with Gasteiger partial charge in [0.1, 0.15) is 11.6 Å². The summed E-state index contributed by atoms with van der Waals surface area (Å²) in [6.07, 6.45) is 2.14. The van der Waals surface area contributed by atoms with Gasteiger partial charge in [0.25, 0.3) is 0 Å². The average Bonchev–Trinajstić information content (AvgIpc) is 2.56. The molecule has 1 atom stereocenters. The van der Waals surface area contributed by atoms with Crippen molar-refractivity contribution < 1.29 is 9.18 Å². The Morgan fingerprint density at radius 1 is 1.36 bits per heavy atom. The fourth-order valence-electron chi connectivity index (χ4n) is 1.60. The van der Waals surface area contributed by atoms with Gasteiger partial charge in [-0.05, 0) is 18.6 Å². The van der Waals surface area contributed by atoms with Gasteiger partial charge >= 0.3 is 0 Å². The summed E-state index contributed by atoms with van der Waals surface area (Å²) >= 11 is 1.49. The minimum Gasteiger partial charge on any atom is -0.300 e. The molecule has 74 valence electrons. The van der Waals surface area contributed by atoms with E-state index in [0.29, 0.717) is 23.5 Å². The highest BCUT2D eigenvalue weighted by atomic mass is 32.2. The zero-order chi connectivity index (χ0) is 9.97. The van der Waals surface area contributed by atoms with Gasteiger partial charge in [0.05, 0.1) is 0 Å². The van der Waals surface area contributed by atoms with Gasteiger partial charge in [0.15, 0.2) is 0 Å². The summed E-state index contributed by atoms with van der Waals surface area (Å²) in [6, 6.07) is 6.73. The van der Waals surface area contributed by atoms with Crippen molar-refractivity contribution >= 4 is 17.5 Å². The van der Waals surface area contributed by atoms with E-state index in [1.165, 1.54) is 17.8 Å². The van der Waals surface area contributed by atoms with E-state index in [4.69, 9.17) is 0 Å². The quantitative estimate of drug-likeness (QED) is 0.746. The molecule has 1 unspecified atom stereocenters. The van der Waals surface area contributed by atoms with Crippen LogP contribution in [-0.2, 0) is 4.79 Å². The topological polar surface area (TPSA) is 17.1 Å². The van der Waals surface area contributed by atoms with Crippen LogP contribution in [0.1, 0.15) is 19.3 Å². The van der Waals surface area contributed by atoms with Crippen LogP contribution in [0.15, 0.2) is 29.2 Å². The number of benzene rings is 1. The number of halogens is 1. The number of carbonyl (C=O) groups is 1. The Balaban J connectivity index is 2.04. The first-order chi connectivity index (χ1) is 6.75. The maximum atomic E-state index is 13.2. The van der Waals surface area contributed by atoms with Crippen molar-refractivity contribution in [3.63, 3.8) is 0 Å². The van der Waals surface area contributed by atoms with Gasteiger partial charge in [-0.15, -0.1) is 11.8 Å². The summed E-state index contributed by atoms with van der Waals surface area (Å²) in [6.45, 7) is 0. The lowest BCUT2D eigenvalue weighted by atomic mass is 10.3. The average molecular weight is 210 g/mol. The van der Waals surface area contributed by atoms with E-state index in [2.05, 4.69) is 0 Å². The second-order valence-corrected chi connectivity index (χ2v) is 4.79. The van der Waals surface area contributed by atoms with Crippen LogP contribution in [0.5, 0.6) is 0 Å². The Labute approximate surface area is 86.7 Å². The fraction of sp³-hybridized carbons (Fsp3) is 0.364. The fourth-order valence-corrected chi connectivity index (χ4v) is 2.80. The highest BCUT2D eigenvalue weighted by Crippen LogP contribution is 2.34. The number of rotatable bonds is 2. The lowest BCUT2D eigenvalue weighted by Crippen LogP contribution is -1.96. The van der Waals surface area contributed by atoms with E-state index in [1.807, 2.05) is 6.07 Å². The van der Waals surface area contributed by atoms with Crippen molar-refractivity contribution in [3.8, 4) is 0 Å². The molecule has 0 N–H and O–H groups in total. The molecular weight excluding hydrogens is 199 g/mol. The molecule has 2 rings (SSSR count). The van der Waals surface area contributed by atoms with Crippen LogP contribution < -0.4 is 0 Å². The van der Waals surface area contributed by atoms with Gasteiger partial charge < -0.3 is 0 Å². The SMILES string of the molecule is O=C1CCC(Sc2ccccc2F)C1. The zero-order valence-corrected chi connectivity index (χ0v) is 8.52. The van der Waals surface area contributed by atoms with E-state index < -0.39 is 0 Å². The molecule has 1 aromatic rings. The maximum Gasteiger partial charge on any atom is 0.136 e. The zero-order valence-electron chi connectivity index (χ0n) is 7.70. The molecule has 0 radical (unpaired) electrons. The third kappa shape index (κ3) is 2.15. The lowest BCUT2D eigenvalue weighted by Gasteiger charge is -2.07. The monoisotopic (exact) mass is 210 g/mol. The van der Waals surface area contributed by atoms with Gasteiger partial charge in [-0.2, -0.15) is 0 Å². The predicted molar refractivity (Wildman–Crippen MR) is 54.9 cm³/mol. The molecule has 0 aromatic heterocycles. The van der Waals surface area contributed by atoms with Crippen molar-refractivity contribution in [1.82, 2.24) is 0 Å². The van der Waals surface area contributed by atoms with Crippen LogP contribution in [0, 0.1) is 5.82 Å². The first-order valence-electron chi connectivity index (χ1n) is 4.68. The van der Waals surface area contributed by atoms with Crippen molar-refractivity contribution in [1.29, 1.82) is 0 Å². The van der Waals surface area contributed by atoms with E-state index in [0.717, 1.165) is 6.42 Å². The van der Waals surface area contributed by atoms with Crippen LogP contribution >= 0.6 is 11.8 Å². The summed E-state index contributed by atoms with van der Waals surface area (Å²) in [5.41, 5.74) is 0. The standard InChI is InChI=1S/C11H11FOS/c12-10-3-1-2-4-11(10)14-9-6-5-8(13)7-9/h1-4,9H,5-7H2. The number of carbonyl (C=O) groups excluding carboxylic acids is 1. The molecule has 1 aromatic carbocycles. The van der Waals surface area contributed by atoms with Crippen LogP contribution in [0.2, 0.25) is 0 Å². The molecule has 3 heteroatoms. The van der Waals surface area contributed by atoms with E-state index in [9.17, 15) is 9.18 Å². The minimum atomic E-state index is -0.183. The van der Waals surface area contributed by atoms with Gasteiger partial charge in [-0.1, -0.05) is 12.1 Å². The van der Waals surface area contributed by atoms with Crippen molar-refractivity contribution in [2.75, 3.05) is 0 Å². The number of ketones is 1. The smallest absolute Gasteiger partial charge is 0.136 e. The number of hydrogen-bond donors (Lipinski definition) is 0. The molecule has 0 saturated heterocycles. The summed E-state index contributed by atoms with van der Waals surface area (Å²) in [5.74, 6) is 0.121.